The Balaban J connectivity index is 1.39. The molecule has 4 fully saturated rings. The summed E-state index contributed by atoms with van der Waals surface area (Å²) < 4.78 is 5.53. The maximum atomic E-state index is 13.3. The van der Waals surface area contributed by atoms with Gasteiger partial charge >= 0.3 is 5.63 Å². The molecule has 2 aromatic heterocycles. The number of hydrogen-bond acceptors (Lipinski definition) is 6. The van der Waals surface area contributed by atoms with Gasteiger partial charge in [-0.15, -0.1) is 11.3 Å². The van der Waals surface area contributed by atoms with Crippen molar-refractivity contribution in [2.45, 2.75) is 57.5 Å². The fourth-order valence-corrected chi connectivity index (χ4v) is 5.40. The standard InChI is InChI=1S/C22H25N3O4S/c1-13-7-18(14-3-2-4-14)29-22(28)19(13)21(27)24-8-15-5-6-17(10-24)25(20(15)26)9-16-11-30-12-23-16/h7,11-12,14-15,17H,2-6,8-10H2,1H3/t15-,17+/m0/s1. The number of carbonyl (C=O) groups is 2. The predicted octanol–water partition coefficient (Wildman–Crippen LogP) is 2.94. The second-order valence-corrected chi connectivity index (χ2v) is 9.42. The Bertz CT molecular complexity index is 1030. The lowest BCUT2D eigenvalue weighted by Gasteiger charge is -2.35. The van der Waals surface area contributed by atoms with E-state index in [0.29, 0.717) is 36.9 Å². The van der Waals surface area contributed by atoms with Crippen molar-refractivity contribution in [3.63, 3.8) is 0 Å². The molecule has 6 rings (SSSR count). The zero-order valence-corrected chi connectivity index (χ0v) is 17.8. The van der Waals surface area contributed by atoms with E-state index in [2.05, 4.69) is 4.98 Å². The minimum atomic E-state index is -0.552. The van der Waals surface area contributed by atoms with Crippen LogP contribution in [0.3, 0.4) is 0 Å². The van der Waals surface area contributed by atoms with Gasteiger partial charge in [0.05, 0.1) is 23.7 Å². The number of aromatic nitrogens is 1. The highest BCUT2D eigenvalue weighted by Gasteiger charge is 2.42. The van der Waals surface area contributed by atoms with Gasteiger partial charge in [0, 0.05) is 30.4 Å². The maximum absolute atomic E-state index is 13.3. The number of nitrogens with zero attached hydrogens (tertiary/aromatic N) is 3. The normalized spacial score (nSPS) is 24.1. The fraction of sp³-hybridized carbons (Fsp3) is 0.545. The lowest BCUT2D eigenvalue weighted by Crippen LogP contribution is -2.47. The van der Waals surface area contributed by atoms with Gasteiger partial charge < -0.3 is 14.2 Å². The van der Waals surface area contributed by atoms with Crippen LogP contribution in [0.25, 0.3) is 0 Å². The summed E-state index contributed by atoms with van der Waals surface area (Å²) in [7, 11) is 0. The monoisotopic (exact) mass is 427 g/mol. The molecule has 1 saturated carbocycles. The number of thiazole rings is 1. The molecule has 5 heterocycles. The minimum absolute atomic E-state index is 0.0523. The molecule has 30 heavy (non-hydrogen) atoms. The zero-order chi connectivity index (χ0) is 20.8. The minimum Gasteiger partial charge on any atom is -0.427 e. The van der Waals surface area contributed by atoms with E-state index in [1.54, 1.807) is 17.3 Å². The molecule has 4 aliphatic rings. The Morgan fingerprint density at radius 2 is 2.03 bits per heavy atom. The third-order valence-corrected chi connectivity index (χ3v) is 7.42. The van der Waals surface area contributed by atoms with Gasteiger partial charge in [-0.3, -0.25) is 9.59 Å². The first kappa shape index (κ1) is 19.5. The third-order valence-electron chi connectivity index (χ3n) is 6.79. The molecule has 158 valence electrons. The average molecular weight is 428 g/mol. The highest BCUT2D eigenvalue weighted by atomic mass is 32.1. The molecule has 2 aromatic rings. The van der Waals surface area contributed by atoms with E-state index in [4.69, 9.17) is 4.42 Å². The summed E-state index contributed by atoms with van der Waals surface area (Å²) in [6, 6.07) is 1.80. The lowest BCUT2D eigenvalue weighted by atomic mass is 9.83. The highest BCUT2D eigenvalue weighted by Crippen LogP contribution is 2.36. The quantitative estimate of drug-likeness (QED) is 0.749. The summed E-state index contributed by atoms with van der Waals surface area (Å²) in [6.07, 6.45) is 4.84. The number of piperidine rings is 1. The summed E-state index contributed by atoms with van der Waals surface area (Å²) in [4.78, 5) is 46.9. The molecule has 0 aromatic carbocycles. The van der Waals surface area contributed by atoms with Crippen LogP contribution in [0.1, 0.15) is 65.4 Å². The summed E-state index contributed by atoms with van der Waals surface area (Å²) in [6.45, 7) is 3.07. The Labute approximate surface area is 178 Å². The summed E-state index contributed by atoms with van der Waals surface area (Å²) in [5.41, 5.74) is 2.87. The molecule has 2 amide bonds. The molecule has 0 radical (unpaired) electrons. The Morgan fingerprint density at radius 1 is 1.20 bits per heavy atom. The van der Waals surface area contributed by atoms with E-state index in [-0.39, 0.29) is 29.3 Å². The fourth-order valence-electron chi connectivity index (χ4n) is 4.85. The first-order chi connectivity index (χ1) is 14.5. The second-order valence-electron chi connectivity index (χ2n) is 8.71. The van der Waals surface area contributed by atoms with Gasteiger partial charge in [-0.05, 0) is 44.2 Å². The van der Waals surface area contributed by atoms with E-state index >= 15 is 0 Å². The summed E-state index contributed by atoms with van der Waals surface area (Å²) in [5.74, 6) is 0.528. The smallest absolute Gasteiger partial charge is 0.349 e. The zero-order valence-electron chi connectivity index (χ0n) is 17.0. The van der Waals surface area contributed by atoms with Crippen molar-refractivity contribution in [3.8, 4) is 0 Å². The number of carbonyl (C=O) groups excluding carboxylic acids is 2. The van der Waals surface area contributed by atoms with E-state index in [0.717, 1.165) is 37.8 Å². The van der Waals surface area contributed by atoms with Crippen LogP contribution in [-0.4, -0.2) is 45.7 Å². The van der Waals surface area contributed by atoms with Crippen LogP contribution < -0.4 is 5.63 Å². The van der Waals surface area contributed by atoms with Crippen LogP contribution in [0.2, 0.25) is 0 Å². The third kappa shape index (κ3) is 3.37. The first-order valence-electron chi connectivity index (χ1n) is 10.6. The molecule has 0 N–H and O–H groups in total. The largest absolute Gasteiger partial charge is 0.427 e. The van der Waals surface area contributed by atoms with Crippen molar-refractivity contribution in [1.82, 2.24) is 14.8 Å². The highest BCUT2D eigenvalue weighted by molar-refractivity contribution is 7.07. The van der Waals surface area contributed by atoms with Gasteiger partial charge in [0.15, 0.2) is 0 Å². The molecule has 3 saturated heterocycles. The first-order valence-corrected chi connectivity index (χ1v) is 11.6. The van der Waals surface area contributed by atoms with Crippen molar-refractivity contribution < 1.29 is 14.0 Å². The Morgan fingerprint density at radius 3 is 2.70 bits per heavy atom. The number of fused-ring (bicyclic) bond motifs is 4. The molecule has 0 unspecified atom stereocenters. The molecule has 3 aliphatic heterocycles. The summed E-state index contributed by atoms with van der Waals surface area (Å²) >= 11 is 1.51. The van der Waals surface area contributed by atoms with E-state index in [1.807, 2.05) is 16.3 Å². The van der Waals surface area contributed by atoms with Crippen LogP contribution >= 0.6 is 11.3 Å². The molecule has 0 spiro atoms. The molecular weight excluding hydrogens is 402 g/mol. The SMILES string of the molecule is Cc1cc(C2CCC2)oc(=O)c1C(=O)N1C[C@@H]2CC[C@H](C1)N(Cc1cscn1)C2=O. The van der Waals surface area contributed by atoms with E-state index < -0.39 is 5.63 Å². The van der Waals surface area contributed by atoms with Crippen LogP contribution in [0.4, 0.5) is 0 Å². The van der Waals surface area contributed by atoms with Crippen molar-refractivity contribution >= 4 is 23.2 Å². The van der Waals surface area contributed by atoms with Crippen molar-refractivity contribution in [1.29, 1.82) is 0 Å². The Hall–Kier alpha value is -2.48. The van der Waals surface area contributed by atoms with Gasteiger partial charge in [0.2, 0.25) is 5.91 Å². The Kier molecular flexibility index (Phi) is 4.97. The average Bonchev–Trinajstić information content (AvgIpc) is 3.02. The topological polar surface area (TPSA) is 83.7 Å². The van der Waals surface area contributed by atoms with Gasteiger partial charge in [0.1, 0.15) is 11.3 Å². The molecule has 1 aliphatic carbocycles. The molecule has 2 atom stereocenters. The molecule has 7 nitrogen and oxygen atoms in total. The number of amides is 2. The van der Waals surface area contributed by atoms with Crippen LogP contribution in [0.15, 0.2) is 26.2 Å². The van der Waals surface area contributed by atoms with Gasteiger partial charge in [-0.2, -0.15) is 0 Å². The van der Waals surface area contributed by atoms with Gasteiger partial charge in [0.25, 0.3) is 5.91 Å². The molecular formula is C22H25N3O4S. The van der Waals surface area contributed by atoms with E-state index in [1.165, 1.54) is 11.3 Å². The van der Waals surface area contributed by atoms with Gasteiger partial charge in [-0.25, -0.2) is 9.78 Å². The lowest BCUT2D eigenvalue weighted by molar-refractivity contribution is -0.140. The van der Waals surface area contributed by atoms with Crippen molar-refractivity contribution in [3.05, 3.63) is 50.0 Å². The van der Waals surface area contributed by atoms with Crippen LogP contribution in [0.5, 0.6) is 0 Å². The van der Waals surface area contributed by atoms with Crippen LogP contribution in [-0.2, 0) is 11.3 Å². The van der Waals surface area contributed by atoms with Crippen molar-refractivity contribution in [2.24, 2.45) is 5.92 Å². The summed E-state index contributed by atoms with van der Waals surface area (Å²) in [5, 5.41) is 1.95. The van der Waals surface area contributed by atoms with Gasteiger partial charge in [-0.1, -0.05) is 6.42 Å². The number of aryl methyl sites for hydroxylation is 1. The van der Waals surface area contributed by atoms with E-state index in [9.17, 15) is 14.4 Å². The predicted molar refractivity (Wildman–Crippen MR) is 111 cm³/mol. The van der Waals surface area contributed by atoms with Crippen LogP contribution in [0, 0.1) is 12.8 Å². The second kappa shape index (κ2) is 7.65. The van der Waals surface area contributed by atoms with Crippen molar-refractivity contribution in [2.75, 3.05) is 13.1 Å². The maximum Gasteiger partial charge on any atom is 0.349 e. The number of rotatable bonds is 4. The number of hydrogen-bond donors (Lipinski definition) is 0. The molecule has 8 heteroatoms. The molecule has 2 bridgehead atoms.